The van der Waals surface area contributed by atoms with E-state index < -0.39 is 11.3 Å². The molecule has 0 unspecified atom stereocenters. The smallest absolute Gasteiger partial charge is 0.257 e. The van der Waals surface area contributed by atoms with Gasteiger partial charge in [-0.3, -0.25) is 23.9 Å². The predicted octanol–water partition coefficient (Wildman–Crippen LogP) is 3.30. The van der Waals surface area contributed by atoms with E-state index in [4.69, 9.17) is 0 Å². The van der Waals surface area contributed by atoms with Crippen molar-refractivity contribution in [1.82, 2.24) is 29.8 Å². The Labute approximate surface area is 269 Å². The van der Waals surface area contributed by atoms with E-state index in [0.29, 0.717) is 50.4 Å². The van der Waals surface area contributed by atoms with Crippen LogP contribution < -0.4 is 5.32 Å². The molecule has 3 aromatic rings. The second-order valence-electron chi connectivity index (χ2n) is 14.4. The quantitative estimate of drug-likeness (QED) is 0.435. The van der Waals surface area contributed by atoms with Gasteiger partial charge in [-0.25, -0.2) is 0 Å². The molecule has 7 rings (SSSR count). The van der Waals surface area contributed by atoms with Crippen LogP contribution in [-0.4, -0.2) is 93.4 Å². The van der Waals surface area contributed by atoms with Gasteiger partial charge < -0.3 is 20.0 Å². The number of hydrogen-bond donors (Lipinski definition) is 1. The van der Waals surface area contributed by atoms with Crippen LogP contribution in [0.1, 0.15) is 59.4 Å². The normalized spacial score (nSPS) is 24.4. The lowest BCUT2D eigenvalue weighted by atomic mass is 9.70. The molecule has 0 bridgehead atoms. The van der Waals surface area contributed by atoms with E-state index in [2.05, 4.69) is 24.3 Å². The molecule has 3 aliphatic heterocycles. The van der Waals surface area contributed by atoms with Crippen molar-refractivity contribution in [2.45, 2.75) is 45.7 Å². The molecule has 1 spiro atoms. The predicted molar refractivity (Wildman–Crippen MR) is 172 cm³/mol. The highest BCUT2D eigenvalue weighted by Gasteiger charge is 2.62. The number of hydrogen-bond acceptors (Lipinski definition) is 5. The SMILES string of the molecule is CC1(C)C[C@@H]1C(=O)N1CC2(CN(C(=O)c3cnn(Cc4ccccc4)c3)C[C@@H]2C(=O)N[C@H]2CCCN(C(=O)c3ccccc3)C2)C1. The summed E-state index contributed by atoms with van der Waals surface area (Å²) in [6, 6.07) is 19.0. The Balaban J connectivity index is 1.05. The van der Waals surface area contributed by atoms with Crippen LogP contribution in [0.4, 0.5) is 0 Å². The molecule has 1 N–H and O–H groups in total. The Morgan fingerprint density at radius 3 is 2.17 bits per heavy atom. The molecule has 1 aromatic heterocycles. The average molecular weight is 623 g/mol. The van der Waals surface area contributed by atoms with E-state index in [9.17, 15) is 19.2 Å². The first-order chi connectivity index (χ1) is 22.1. The van der Waals surface area contributed by atoms with Crippen LogP contribution in [0.25, 0.3) is 0 Å². The molecule has 4 amide bonds. The Morgan fingerprint density at radius 1 is 0.826 bits per heavy atom. The Hall–Kier alpha value is -4.47. The number of aromatic nitrogens is 2. The molecular weight excluding hydrogens is 580 g/mol. The Morgan fingerprint density at radius 2 is 1.48 bits per heavy atom. The molecule has 10 nitrogen and oxygen atoms in total. The summed E-state index contributed by atoms with van der Waals surface area (Å²) in [7, 11) is 0. The average Bonchev–Trinajstić information content (AvgIpc) is 3.36. The van der Waals surface area contributed by atoms with Crippen molar-refractivity contribution in [3.8, 4) is 0 Å². The van der Waals surface area contributed by atoms with E-state index in [1.165, 1.54) is 0 Å². The fourth-order valence-electron chi connectivity index (χ4n) is 7.64. The molecular formula is C36H42N6O4. The molecule has 46 heavy (non-hydrogen) atoms. The van der Waals surface area contributed by atoms with Crippen LogP contribution >= 0.6 is 0 Å². The number of amides is 4. The van der Waals surface area contributed by atoms with Gasteiger partial charge in [-0.2, -0.15) is 5.10 Å². The van der Waals surface area contributed by atoms with Crippen molar-refractivity contribution in [2.24, 2.45) is 22.7 Å². The van der Waals surface area contributed by atoms with Crippen LogP contribution in [0.2, 0.25) is 0 Å². The maximum Gasteiger partial charge on any atom is 0.257 e. The van der Waals surface area contributed by atoms with Gasteiger partial charge in [-0.15, -0.1) is 0 Å². The summed E-state index contributed by atoms with van der Waals surface area (Å²) in [5.41, 5.74) is 1.75. The van der Waals surface area contributed by atoms with Gasteiger partial charge in [0.25, 0.3) is 11.8 Å². The van der Waals surface area contributed by atoms with Gasteiger partial charge in [-0.1, -0.05) is 62.4 Å². The van der Waals surface area contributed by atoms with Gasteiger partial charge in [-0.05, 0) is 42.4 Å². The summed E-state index contributed by atoms with van der Waals surface area (Å²) in [6.07, 6.45) is 5.83. The molecule has 1 saturated carbocycles. The third-order valence-electron chi connectivity index (χ3n) is 10.5. The number of nitrogens with zero attached hydrogens (tertiary/aromatic N) is 5. The first kappa shape index (κ1) is 30.2. The molecule has 10 heteroatoms. The standard InChI is InChI=1S/C36H42N6O4/c1-35(2)16-29(35)34(46)41-23-36(24-41)22-40(33(45)27-17-37-42(19-27)18-25-10-5-3-6-11-25)21-30(36)31(43)38-28-14-9-15-39(20-28)32(44)26-12-7-4-8-13-26/h3-8,10-13,17,19,28-30H,9,14-16,18,20-24H2,1-2H3,(H,38,43)/t28-,29+,30+/m0/s1. The summed E-state index contributed by atoms with van der Waals surface area (Å²) in [5.74, 6) is -0.552. The second-order valence-corrected chi connectivity index (χ2v) is 14.4. The molecule has 3 atom stereocenters. The lowest BCUT2D eigenvalue weighted by Gasteiger charge is -2.50. The number of rotatable bonds is 7. The molecule has 3 saturated heterocycles. The Kier molecular flexibility index (Phi) is 7.69. The number of nitrogens with one attached hydrogen (secondary N) is 1. The van der Waals surface area contributed by atoms with E-state index in [1.54, 1.807) is 22.0 Å². The zero-order chi connectivity index (χ0) is 32.1. The summed E-state index contributed by atoms with van der Waals surface area (Å²) >= 11 is 0. The highest BCUT2D eigenvalue weighted by Crippen LogP contribution is 2.54. The van der Waals surface area contributed by atoms with E-state index >= 15 is 0 Å². The van der Waals surface area contributed by atoms with Gasteiger partial charge in [0.05, 0.1) is 24.2 Å². The largest absolute Gasteiger partial charge is 0.351 e. The molecule has 4 aliphatic rings. The van der Waals surface area contributed by atoms with Gasteiger partial charge in [0, 0.05) is 68.4 Å². The monoisotopic (exact) mass is 622 g/mol. The minimum absolute atomic E-state index is 0.0260. The fraction of sp³-hybridized carbons (Fsp3) is 0.472. The lowest BCUT2D eigenvalue weighted by Crippen LogP contribution is -2.65. The van der Waals surface area contributed by atoms with Crippen LogP contribution in [0.5, 0.6) is 0 Å². The zero-order valence-electron chi connectivity index (χ0n) is 26.6. The number of likely N-dealkylation sites (tertiary alicyclic amines) is 3. The fourth-order valence-corrected chi connectivity index (χ4v) is 7.64. The summed E-state index contributed by atoms with van der Waals surface area (Å²) in [6.45, 7) is 7.53. The van der Waals surface area contributed by atoms with Crippen LogP contribution in [0, 0.1) is 22.7 Å². The van der Waals surface area contributed by atoms with Crippen LogP contribution in [0.3, 0.4) is 0 Å². The van der Waals surface area contributed by atoms with E-state index in [1.807, 2.05) is 70.5 Å². The Bertz CT molecular complexity index is 1630. The molecule has 4 heterocycles. The van der Waals surface area contributed by atoms with E-state index in [-0.39, 0.29) is 47.5 Å². The number of carbonyl (C=O) groups is 4. The number of benzene rings is 2. The maximum absolute atomic E-state index is 14.0. The minimum atomic E-state index is -0.497. The first-order valence-electron chi connectivity index (χ1n) is 16.4. The zero-order valence-corrected chi connectivity index (χ0v) is 26.6. The molecule has 2 aromatic carbocycles. The second kappa shape index (κ2) is 11.7. The van der Waals surface area contributed by atoms with E-state index in [0.717, 1.165) is 24.8 Å². The topological polar surface area (TPSA) is 108 Å². The maximum atomic E-state index is 14.0. The van der Waals surface area contributed by atoms with Crippen molar-refractivity contribution in [2.75, 3.05) is 39.3 Å². The van der Waals surface area contributed by atoms with Crippen molar-refractivity contribution >= 4 is 23.6 Å². The molecule has 0 radical (unpaired) electrons. The van der Waals surface area contributed by atoms with Crippen molar-refractivity contribution in [3.05, 3.63) is 89.7 Å². The number of piperidine rings is 1. The van der Waals surface area contributed by atoms with Gasteiger partial charge in [0.1, 0.15) is 0 Å². The first-order valence-corrected chi connectivity index (χ1v) is 16.4. The van der Waals surface area contributed by atoms with Crippen molar-refractivity contribution < 1.29 is 19.2 Å². The van der Waals surface area contributed by atoms with Crippen molar-refractivity contribution in [1.29, 1.82) is 0 Å². The van der Waals surface area contributed by atoms with Crippen LogP contribution in [0.15, 0.2) is 73.1 Å². The third kappa shape index (κ3) is 5.81. The highest BCUT2D eigenvalue weighted by atomic mass is 16.2. The lowest BCUT2D eigenvalue weighted by molar-refractivity contribution is -0.151. The third-order valence-corrected chi connectivity index (χ3v) is 10.5. The number of carbonyl (C=O) groups excluding carboxylic acids is 4. The van der Waals surface area contributed by atoms with Gasteiger partial charge in [0.15, 0.2) is 0 Å². The van der Waals surface area contributed by atoms with Crippen molar-refractivity contribution in [3.63, 3.8) is 0 Å². The minimum Gasteiger partial charge on any atom is -0.351 e. The highest BCUT2D eigenvalue weighted by molar-refractivity contribution is 5.95. The summed E-state index contributed by atoms with van der Waals surface area (Å²) < 4.78 is 1.76. The summed E-state index contributed by atoms with van der Waals surface area (Å²) in [5, 5.41) is 7.68. The van der Waals surface area contributed by atoms with Gasteiger partial charge >= 0.3 is 0 Å². The molecule has 240 valence electrons. The summed E-state index contributed by atoms with van der Waals surface area (Å²) in [4.78, 5) is 59.7. The van der Waals surface area contributed by atoms with Crippen LogP contribution in [-0.2, 0) is 16.1 Å². The van der Waals surface area contributed by atoms with Gasteiger partial charge in [0.2, 0.25) is 11.8 Å². The molecule has 1 aliphatic carbocycles. The molecule has 4 fully saturated rings.